The highest BCUT2D eigenvalue weighted by atomic mass is 16.5. The molecule has 0 aromatic heterocycles. The molecule has 5 nitrogen and oxygen atoms in total. The molecule has 0 spiro atoms. The first-order valence-corrected chi connectivity index (χ1v) is 8.03. The molecule has 132 valence electrons. The van der Waals surface area contributed by atoms with Gasteiger partial charge in [0, 0.05) is 5.69 Å². The van der Waals surface area contributed by atoms with Crippen molar-refractivity contribution in [3.63, 3.8) is 0 Å². The van der Waals surface area contributed by atoms with Gasteiger partial charge in [0.1, 0.15) is 11.8 Å². The predicted molar refractivity (Wildman–Crippen MR) is 96.3 cm³/mol. The zero-order valence-electron chi connectivity index (χ0n) is 14.5. The summed E-state index contributed by atoms with van der Waals surface area (Å²) < 4.78 is 10.4. The number of ether oxygens (including phenoxy) is 2. The minimum Gasteiger partial charge on any atom is -0.497 e. The summed E-state index contributed by atoms with van der Waals surface area (Å²) in [5, 5.41) is 11.0. The molecule has 1 heterocycles. The van der Waals surface area contributed by atoms with Crippen LogP contribution in [-0.2, 0) is 16.0 Å². The predicted octanol–water partition coefficient (Wildman–Crippen LogP) is 2.95. The van der Waals surface area contributed by atoms with Crippen LogP contribution in [0.1, 0.15) is 18.9 Å². The zero-order chi connectivity index (χ0) is 17.9. The van der Waals surface area contributed by atoms with Crippen molar-refractivity contribution in [3.8, 4) is 5.75 Å². The summed E-state index contributed by atoms with van der Waals surface area (Å²) in [7, 11) is 1.65. The van der Waals surface area contributed by atoms with Crippen molar-refractivity contribution in [2.75, 3.05) is 25.6 Å². The van der Waals surface area contributed by atoms with E-state index in [0.717, 1.165) is 29.8 Å². The number of fused-ring (bicyclic) bond motifs is 1. The van der Waals surface area contributed by atoms with Crippen LogP contribution in [0.3, 0.4) is 0 Å². The van der Waals surface area contributed by atoms with Crippen LogP contribution in [0.25, 0.3) is 0 Å². The molecule has 0 amide bonds. The average Bonchev–Trinajstić information content (AvgIpc) is 2.61. The first kappa shape index (κ1) is 19.8. The zero-order valence-corrected chi connectivity index (χ0v) is 14.5. The Hall–Kier alpha value is -2.27. The molecule has 0 aliphatic carbocycles. The summed E-state index contributed by atoms with van der Waals surface area (Å²) in [4.78, 5) is 12.1. The van der Waals surface area contributed by atoms with Crippen molar-refractivity contribution in [1.82, 2.24) is 0 Å². The standard InChI is InChI=1S/C16H21NO3.C3H6O/c1-4-6-11-9-12-10-13(19-3)7-8-14(12)17-15(11)16(18)20-5-2;1-2-3-4/h4,7-8,10-11,15,17H,1,5-6,9H2,2-3H3;2,4H,1,3H2. The fourth-order valence-corrected chi connectivity index (χ4v) is 2.61. The van der Waals surface area contributed by atoms with Gasteiger partial charge in [-0.05, 0) is 49.4 Å². The molecule has 1 aromatic rings. The Labute approximate surface area is 144 Å². The van der Waals surface area contributed by atoms with Gasteiger partial charge >= 0.3 is 5.97 Å². The number of carbonyl (C=O) groups is 1. The minimum absolute atomic E-state index is 0.0833. The number of esters is 1. The second-order valence-corrected chi connectivity index (χ2v) is 5.36. The third-order valence-corrected chi connectivity index (χ3v) is 3.72. The number of aliphatic hydroxyl groups is 1. The average molecular weight is 333 g/mol. The molecule has 2 rings (SSSR count). The lowest BCUT2D eigenvalue weighted by atomic mass is 9.85. The van der Waals surface area contributed by atoms with E-state index in [1.54, 1.807) is 7.11 Å². The topological polar surface area (TPSA) is 67.8 Å². The normalized spacial score (nSPS) is 18.1. The fraction of sp³-hybridized carbons (Fsp3) is 0.421. The van der Waals surface area contributed by atoms with E-state index in [0.29, 0.717) is 6.61 Å². The maximum absolute atomic E-state index is 12.1. The number of allylic oxidation sites excluding steroid dienone is 1. The number of anilines is 1. The van der Waals surface area contributed by atoms with Crippen LogP contribution in [0, 0.1) is 5.92 Å². The molecular formula is C19H27NO4. The van der Waals surface area contributed by atoms with Gasteiger partial charge in [-0.3, -0.25) is 0 Å². The van der Waals surface area contributed by atoms with Gasteiger partial charge in [0.25, 0.3) is 0 Å². The van der Waals surface area contributed by atoms with E-state index in [4.69, 9.17) is 14.6 Å². The van der Waals surface area contributed by atoms with Gasteiger partial charge in [-0.25, -0.2) is 4.79 Å². The van der Waals surface area contributed by atoms with Gasteiger partial charge in [0.05, 0.1) is 20.3 Å². The van der Waals surface area contributed by atoms with Gasteiger partial charge in [-0.2, -0.15) is 0 Å². The van der Waals surface area contributed by atoms with E-state index in [9.17, 15) is 4.79 Å². The second kappa shape index (κ2) is 10.5. The Morgan fingerprint density at radius 1 is 1.42 bits per heavy atom. The lowest BCUT2D eigenvalue weighted by Gasteiger charge is -2.32. The van der Waals surface area contributed by atoms with E-state index in [1.165, 1.54) is 6.08 Å². The Balaban J connectivity index is 0.000000648. The van der Waals surface area contributed by atoms with Crippen molar-refractivity contribution in [2.24, 2.45) is 5.92 Å². The lowest BCUT2D eigenvalue weighted by molar-refractivity contribution is -0.145. The number of carbonyl (C=O) groups excluding carboxylic acids is 1. The molecular weight excluding hydrogens is 306 g/mol. The largest absolute Gasteiger partial charge is 0.497 e. The number of hydrogen-bond acceptors (Lipinski definition) is 5. The number of rotatable bonds is 6. The summed E-state index contributed by atoms with van der Waals surface area (Å²) >= 11 is 0. The maximum atomic E-state index is 12.1. The van der Waals surface area contributed by atoms with Crippen molar-refractivity contribution in [1.29, 1.82) is 0 Å². The van der Waals surface area contributed by atoms with E-state index in [2.05, 4.69) is 18.5 Å². The summed E-state index contributed by atoms with van der Waals surface area (Å²) in [6.45, 7) is 9.31. The minimum atomic E-state index is -0.311. The SMILES string of the molecule is C=CCC1Cc2cc(OC)ccc2NC1C(=O)OCC.C=CCO. The van der Waals surface area contributed by atoms with Crippen molar-refractivity contribution >= 4 is 11.7 Å². The highest BCUT2D eigenvalue weighted by Crippen LogP contribution is 2.33. The molecule has 1 aromatic carbocycles. The van der Waals surface area contributed by atoms with Crippen LogP contribution >= 0.6 is 0 Å². The maximum Gasteiger partial charge on any atom is 0.328 e. The smallest absolute Gasteiger partial charge is 0.328 e. The van der Waals surface area contributed by atoms with E-state index >= 15 is 0 Å². The summed E-state index contributed by atoms with van der Waals surface area (Å²) in [6.07, 6.45) is 4.87. The van der Waals surface area contributed by atoms with Gasteiger partial charge in [0.2, 0.25) is 0 Å². The molecule has 2 atom stereocenters. The molecule has 0 saturated heterocycles. The molecule has 2 N–H and O–H groups in total. The highest BCUT2D eigenvalue weighted by molar-refractivity contribution is 5.81. The quantitative estimate of drug-likeness (QED) is 0.619. The monoisotopic (exact) mass is 333 g/mol. The Morgan fingerprint density at radius 2 is 2.12 bits per heavy atom. The van der Waals surface area contributed by atoms with Crippen LogP contribution in [0.15, 0.2) is 43.5 Å². The van der Waals surface area contributed by atoms with Gasteiger partial charge in [0.15, 0.2) is 0 Å². The molecule has 1 aliphatic heterocycles. The van der Waals surface area contributed by atoms with Crippen LogP contribution in [0.5, 0.6) is 5.75 Å². The van der Waals surface area contributed by atoms with E-state index < -0.39 is 0 Å². The van der Waals surface area contributed by atoms with Gasteiger partial charge < -0.3 is 19.9 Å². The molecule has 0 bridgehead atoms. The molecule has 0 fully saturated rings. The third-order valence-electron chi connectivity index (χ3n) is 3.72. The molecule has 5 heteroatoms. The van der Waals surface area contributed by atoms with Crippen LogP contribution in [0.4, 0.5) is 5.69 Å². The molecule has 1 aliphatic rings. The number of hydrogen-bond donors (Lipinski definition) is 2. The molecule has 2 unspecified atom stereocenters. The number of nitrogens with one attached hydrogen (secondary N) is 1. The molecule has 24 heavy (non-hydrogen) atoms. The molecule has 0 radical (unpaired) electrons. The molecule has 0 saturated carbocycles. The van der Waals surface area contributed by atoms with Crippen LogP contribution < -0.4 is 10.1 Å². The summed E-state index contributed by atoms with van der Waals surface area (Å²) in [5.41, 5.74) is 2.14. The van der Waals surface area contributed by atoms with E-state index in [1.807, 2.05) is 31.2 Å². The van der Waals surface area contributed by atoms with Gasteiger partial charge in [-0.1, -0.05) is 12.2 Å². The summed E-state index contributed by atoms with van der Waals surface area (Å²) in [6, 6.07) is 5.54. The van der Waals surface area contributed by atoms with Crippen LogP contribution in [-0.4, -0.2) is 37.4 Å². The third kappa shape index (κ3) is 5.42. The Morgan fingerprint density at radius 3 is 2.67 bits per heavy atom. The van der Waals surface area contributed by atoms with Crippen molar-refractivity contribution in [2.45, 2.75) is 25.8 Å². The van der Waals surface area contributed by atoms with Gasteiger partial charge in [-0.15, -0.1) is 13.2 Å². The lowest BCUT2D eigenvalue weighted by Crippen LogP contribution is -2.42. The highest BCUT2D eigenvalue weighted by Gasteiger charge is 2.33. The summed E-state index contributed by atoms with van der Waals surface area (Å²) in [5.74, 6) is 0.796. The van der Waals surface area contributed by atoms with E-state index in [-0.39, 0.29) is 24.5 Å². The Kier molecular flexibility index (Phi) is 8.65. The van der Waals surface area contributed by atoms with Crippen molar-refractivity contribution < 1.29 is 19.4 Å². The number of aliphatic hydroxyl groups excluding tert-OH is 1. The second-order valence-electron chi connectivity index (χ2n) is 5.36. The number of benzene rings is 1. The van der Waals surface area contributed by atoms with Crippen LogP contribution in [0.2, 0.25) is 0 Å². The first-order valence-electron chi connectivity index (χ1n) is 8.03. The fourth-order valence-electron chi connectivity index (χ4n) is 2.61. The Bertz CT molecular complexity index is 556. The first-order chi connectivity index (χ1) is 11.6. The number of methoxy groups -OCH3 is 1. The van der Waals surface area contributed by atoms with Crippen molar-refractivity contribution in [3.05, 3.63) is 49.1 Å².